The number of anilines is 3. The van der Waals surface area contributed by atoms with Crippen LogP contribution < -0.4 is 4.90 Å². The topological polar surface area (TPSA) is 20.3 Å². The van der Waals surface area contributed by atoms with Gasteiger partial charge in [0.2, 0.25) is 0 Å². The van der Waals surface area contributed by atoms with Crippen molar-refractivity contribution in [3.63, 3.8) is 0 Å². The van der Waals surface area contributed by atoms with Crippen LogP contribution in [0, 0.1) is 12.7 Å². The van der Waals surface area contributed by atoms with Gasteiger partial charge < -0.3 is 4.90 Å². The molecule has 30 heavy (non-hydrogen) atoms. The number of hydrogen-bond acceptors (Lipinski definition) is 2. The molecular formula is C27H22FNO. The predicted octanol–water partition coefficient (Wildman–Crippen LogP) is 7.21. The Morgan fingerprint density at radius 3 is 2.47 bits per heavy atom. The van der Waals surface area contributed by atoms with Crippen LogP contribution in [0.25, 0.3) is 10.8 Å². The second-order valence-electron chi connectivity index (χ2n) is 8.47. The average Bonchev–Trinajstić information content (AvgIpc) is 2.75. The van der Waals surface area contributed by atoms with Crippen LogP contribution in [0.15, 0.2) is 72.8 Å². The van der Waals surface area contributed by atoms with E-state index in [1.165, 1.54) is 17.2 Å². The van der Waals surface area contributed by atoms with E-state index in [2.05, 4.69) is 49.1 Å². The van der Waals surface area contributed by atoms with Gasteiger partial charge in [0.05, 0.1) is 11.4 Å². The summed E-state index contributed by atoms with van der Waals surface area (Å²) in [5, 5.41) is 2.17. The zero-order valence-corrected chi connectivity index (χ0v) is 17.2. The fourth-order valence-electron chi connectivity index (χ4n) is 4.76. The molecule has 0 N–H and O–H groups in total. The Hall–Kier alpha value is -3.46. The number of fused-ring (bicyclic) bond motifs is 4. The number of hydrogen-bond donors (Lipinski definition) is 0. The van der Waals surface area contributed by atoms with E-state index in [-0.39, 0.29) is 11.2 Å². The number of aryl methyl sites for hydroxylation is 1. The van der Waals surface area contributed by atoms with Gasteiger partial charge in [-0.1, -0.05) is 50.2 Å². The molecule has 0 radical (unpaired) electrons. The highest BCUT2D eigenvalue weighted by molar-refractivity contribution is 5.99. The first-order valence-corrected chi connectivity index (χ1v) is 10.1. The Kier molecular flexibility index (Phi) is 4.04. The lowest BCUT2D eigenvalue weighted by Gasteiger charge is -2.42. The molecule has 0 saturated heterocycles. The molecule has 1 heterocycles. The van der Waals surface area contributed by atoms with E-state index in [1.807, 2.05) is 36.4 Å². The zero-order chi connectivity index (χ0) is 21.0. The molecule has 4 aromatic carbocycles. The summed E-state index contributed by atoms with van der Waals surface area (Å²) in [6, 6.07) is 23.7. The summed E-state index contributed by atoms with van der Waals surface area (Å²) in [5.74, 6) is -0.204. The molecular weight excluding hydrogens is 373 g/mol. The van der Waals surface area contributed by atoms with Crippen molar-refractivity contribution in [1.29, 1.82) is 0 Å². The van der Waals surface area contributed by atoms with Gasteiger partial charge in [0.15, 0.2) is 0 Å². The smallest absolute Gasteiger partial charge is 0.150 e. The van der Waals surface area contributed by atoms with Crippen LogP contribution in [0.5, 0.6) is 0 Å². The quantitative estimate of drug-likeness (QED) is 0.334. The number of benzene rings is 4. The van der Waals surface area contributed by atoms with E-state index < -0.39 is 0 Å². The summed E-state index contributed by atoms with van der Waals surface area (Å²) < 4.78 is 14.0. The summed E-state index contributed by atoms with van der Waals surface area (Å²) in [6.07, 6.45) is 0.882. The minimum atomic E-state index is -0.236. The van der Waals surface area contributed by atoms with Crippen LogP contribution in [0.2, 0.25) is 0 Å². The standard InChI is InChI=1S/C27H22FNO/c1-17-14-20(10-12-23(17)28)29-24-7-5-4-6-22(24)27(2,3)26-21-11-8-18(16-30)15-19(21)9-13-25(26)29/h4-16H,1-3H3. The highest BCUT2D eigenvalue weighted by atomic mass is 19.1. The van der Waals surface area contributed by atoms with Gasteiger partial charge in [-0.05, 0) is 70.8 Å². The van der Waals surface area contributed by atoms with Gasteiger partial charge in [-0.25, -0.2) is 4.39 Å². The monoisotopic (exact) mass is 395 g/mol. The summed E-state index contributed by atoms with van der Waals surface area (Å²) >= 11 is 0. The van der Waals surface area contributed by atoms with Gasteiger partial charge >= 0.3 is 0 Å². The fourth-order valence-corrected chi connectivity index (χ4v) is 4.76. The third kappa shape index (κ3) is 2.58. The van der Waals surface area contributed by atoms with Crippen molar-refractivity contribution in [1.82, 2.24) is 0 Å². The van der Waals surface area contributed by atoms with Gasteiger partial charge in [0.25, 0.3) is 0 Å². The maximum atomic E-state index is 14.0. The maximum absolute atomic E-state index is 14.0. The molecule has 2 nitrogen and oxygen atoms in total. The molecule has 5 rings (SSSR count). The van der Waals surface area contributed by atoms with Gasteiger partial charge in [-0.3, -0.25) is 4.79 Å². The molecule has 4 aromatic rings. The second kappa shape index (κ2) is 6.53. The van der Waals surface area contributed by atoms with Crippen molar-refractivity contribution >= 4 is 34.1 Å². The van der Waals surface area contributed by atoms with Crippen LogP contribution in [0.3, 0.4) is 0 Å². The maximum Gasteiger partial charge on any atom is 0.150 e. The Balaban J connectivity index is 1.87. The van der Waals surface area contributed by atoms with E-state index in [1.54, 1.807) is 6.92 Å². The third-order valence-corrected chi connectivity index (χ3v) is 6.24. The molecule has 0 amide bonds. The third-order valence-electron chi connectivity index (χ3n) is 6.24. The number of rotatable bonds is 2. The van der Waals surface area contributed by atoms with Crippen molar-refractivity contribution in [2.45, 2.75) is 26.2 Å². The van der Waals surface area contributed by atoms with E-state index in [9.17, 15) is 9.18 Å². The molecule has 148 valence electrons. The number of carbonyl (C=O) groups excluding carboxylic acids is 1. The lowest BCUT2D eigenvalue weighted by Crippen LogP contribution is -2.31. The first kappa shape index (κ1) is 18.6. The molecule has 3 heteroatoms. The molecule has 0 bridgehead atoms. The Morgan fingerprint density at radius 1 is 0.900 bits per heavy atom. The van der Waals surface area contributed by atoms with Crippen LogP contribution in [0.4, 0.5) is 21.5 Å². The van der Waals surface area contributed by atoms with Gasteiger partial charge in [-0.2, -0.15) is 0 Å². The van der Waals surface area contributed by atoms with Gasteiger partial charge in [0, 0.05) is 16.7 Å². The summed E-state index contributed by atoms with van der Waals surface area (Å²) in [6.45, 7) is 6.27. The summed E-state index contributed by atoms with van der Waals surface area (Å²) in [4.78, 5) is 13.5. The average molecular weight is 395 g/mol. The Bertz CT molecular complexity index is 1320. The molecule has 1 aliphatic heterocycles. The van der Waals surface area contributed by atoms with Crippen molar-refractivity contribution < 1.29 is 9.18 Å². The zero-order valence-electron chi connectivity index (χ0n) is 17.2. The van der Waals surface area contributed by atoms with Crippen molar-refractivity contribution in [3.8, 4) is 0 Å². The molecule has 1 aliphatic rings. The lowest BCUT2D eigenvalue weighted by molar-refractivity contribution is 0.112. The predicted molar refractivity (Wildman–Crippen MR) is 121 cm³/mol. The van der Waals surface area contributed by atoms with E-state index in [0.717, 1.165) is 34.1 Å². The van der Waals surface area contributed by atoms with Crippen LogP contribution in [0.1, 0.15) is 40.9 Å². The minimum Gasteiger partial charge on any atom is -0.310 e. The Morgan fingerprint density at radius 2 is 1.70 bits per heavy atom. The van der Waals surface area contributed by atoms with E-state index in [0.29, 0.717) is 11.1 Å². The van der Waals surface area contributed by atoms with E-state index >= 15 is 0 Å². The summed E-state index contributed by atoms with van der Waals surface area (Å²) in [5.41, 5.74) is 6.59. The Labute approximate surface area is 175 Å². The lowest BCUT2D eigenvalue weighted by atomic mass is 9.71. The number of nitrogens with zero attached hydrogens (tertiary/aromatic N) is 1. The number of para-hydroxylation sites is 1. The summed E-state index contributed by atoms with van der Waals surface area (Å²) in [7, 11) is 0. The molecule has 0 saturated carbocycles. The largest absolute Gasteiger partial charge is 0.310 e. The van der Waals surface area contributed by atoms with Crippen LogP contribution in [-0.2, 0) is 5.41 Å². The molecule has 0 fully saturated rings. The number of aldehydes is 1. The number of carbonyl (C=O) groups is 1. The van der Waals surface area contributed by atoms with Gasteiger partial charge in [-0.15, -0.1) is 0 Å². The van der Waals surface area contributed by atoms with Crippen molar-refractivity contribution in [3.05, 3.63) is 101 Å². The van der Waals surface area contributed by atoms with Crippen LogP contribution >= 0.6 is 0 Å². The molecule has 0 unspecified atom stereocenters. The molecule has 0 spiro atoms. The fraction of sp³-hybridized carbons (Fsp3) is 0.148. The molecule has 0 aromatic heterocycles. The second-order valence-corrected chi connectivity index (χ2v) is 8.47. The highest BCUT2D eigenvalue weighted by Gasteiger charge is 2.38. The minimum absolute atomic E-state index is 0.204. The SMILES string of the molecule is Cc1cc(N2c3ccccc3C(C)(C)c3c2ccc2cc(C=O)ccc32)ccc1F. The molecule has 0 atom stereocenters. The highest BCUT2D eigenvalue weighted by Crippen LogP contribution is 2.53. The number of halogens is 1. The normalized spacial score (nSPS) is 14.3. The van der Waals surface area contributed by atoms with Crippen molar-refractivity contribution in [2.24, 2.45) is 0 Å². The van der Waals surface area contributed by atoms with Gasteiger partial charge in [0.1, 0.15) is 12.1 Å². The van der Waals surface area contributed by atoms with E-state index in [4.69, 9.17) is 0 Å². The van der Waals surface area contributed by atoms with Crippen molar-refractivity contribution in [2.75, 3.05) is 4.90 Å². The first-order valence-electron chi connectivity index (χ1n) is 10.1. The van der Waals surface area contributed by atoms with Crippen LogP contribution in [-0.4, -0.2) is 6.29 Å². The molecule has 0 aliphatic carbocycles. The first-order chi connectivity index (χ1) is 14.4.